The number of nitrogens with zero attached hydrogens (tertiary/aromatic N) is 3. The molecule has 1 aliphatic carbocycles. The number of amides is 1. The zero-order chi connectivity index (χ0) is 20.0. The quantitative estimate of drug-likeness (QED) is 0.773. The summed E-state index contributed by atoms with van der Waals surface area (Å²) in [6.45, 7) is -1.47. The van der Waals surface area contributed by atoms with E-state index in [-0.39, 0.29) is 23.2 Å². The molecule has 0 radical (unpaired) electrons. The van der Waals surface area contributed by atoms with Crippen molar-refractivity contribution >= 4 is 17.5 Å². The Kier molecular flexibility index (Phi) is 6.27. The zero-order valence-electron chi connectivity index (χ0n) is 15.0. The number of pyridine rings is 1. The fourth-order valence-electron chi connectivity index (χ4n) is 2.93. The Balaban J connectivity index is 1.67. The van der Waals surface area contributed by atoms with Crippen molar-refractivity contribution in [1.82, 2.24) is 15.0 Å². The molecule has 2 aromatic heterocycles. The summed E-state index contributed by atoms with van der Waals surface area (Å²) in [6.07, 6.45) is 4.99. The van der Waals surface area contributed by atoms with Gasteiger partial charge in [-0.2, -0.15) is 13.2 Å². The minimum atomic E-state index is -4.49. The van der Waals surface area contributed by atoms with Crippen molar-refractivity contribution in [3.05, 3.63) is 36.4 Å². The van der Waals surface area contributed by atoms with Crippen LogP contribution in [0, 0.1) is 0 Å². The van der Waals surface area contributed by atoms with Crippen LogP contribution >= 0.6 is 0 Å². The number of carbonyl (C=O) groups is 1. The number of nitrogens with one attached hydrogen (secondary N) is 2. The fraction of sp³-hybridized carbons (Fsp3) is 0.444. The summed E-state index contributed by atoms with van der Waals surface area (Å²) >= 11 is 0. The van der Waals surface area contributed by atoms with Crippen LogP contribution in [0.25, 0.3) is 0 Å². The lowest BCUT2D eigenvalue weighted by atomic mass is 9.96. The van der Waals surface area contributed by atoms with Gasteiger partial charge in [-0.3, -0.25) is 9.78 Å². The van der Waals surface area contributed by atoms with Crippen LogP contribution in [0.3, 0.4) is 0 Å². The number of hydrogen-bond acceptors (Lipinski definition) is 6. The molecule has 28 heavy (non-hydrogen) atoms. The Morgan fingerprint density at radius 3 is 2.71 bits per heavy atom. The van der Waals surface area contributed by atoms with Gasteiger partial charge in [0, 0.05) is 24.5 Å². The minimum absolute atomic E-state index is 0.0251. The SMILES string of the molecule is O=C(Nc1cnccc1OCC(F)(F)F)c1ccnc(NC2CCCCC2)n1. The highest BCUT2D eigenvalue weighted by Gasteiger charge is 2.29. The van der Waals surface area contributed by atoms with E-state index in [0.29, 0.717) is 5.95 Å². The van der Waals surface area contributed by atoms with Gasteiger partial charge in [0.15, 0.2) is 6.61 Å². The van der Waals surface area contributed by atoms with Crippen LogP contribution in [-0.2, 0) is 0 Å². The molecule has 1 aliphatic rings. The van der Waals surface area contributed by atoms with E-state index in [9.17, 15) is 18.0 Å². The first-order valence-corrected chi connectivity index (χ1v) is 8.95. The molecule has 1 fully saturated rings. The Morgan fingerprint density at radius 1 is 1.18 bits per heavy atom. The van der Waals surface area contributed by atoms with Gasteiger partial charge in [0.25, 0.3) is 5.91 Å². The number of carbonyl (C=O) groups excluding carboxylic acids is 1. The van der Waals surface area contributed by atoms with E-state index >= 15 is 0 Å². The predicted molar refractivity (Wildman–Crippen MR) is 96.3 cm³/mol. The second-order valence-electron chi connectivity index (χ2n) is 6.47. The van der Waals surface area contributed by atoms with Gasteiger partial charge in [-0.25, -0.2) is 9.97 Å². The van der Waals surface area contributed by atoms with Crippen LogP contribution in [0.1, 0.15) is 42.6 Å². The second kappa shape index (κ2) is 8.85. The highest BCUT2D eigenvalue weighted by molar-refractivity contribution is 6.03. The van der Waals surface area contributed by atoms with E-state index in [1.807, 2.05) is 0 Å². The predicted octanol–water partition coefficient (Wildman–Crippen LogP) is 3.81. The number of alkyl halides is 3. The lowest BCUT2D eigenvalue weighted by Gasteiger charge is -2.22. The number of rotatable bonds is 6. The third-order valence-electron chi connectivity index (χ3n) is 4.25. The van der Waals surface area contributed by atoms with E-state index < -0.39 is 18.7 Å². The summed E-state index contributed by atoms with van der Waals surface area (Å²) in [5.74, 6) is -0.381. The van der Waals surface area contributed by atoms with Crippen molar-refractivity contribution in [2.24, 2.45) is 0 Å². The molecule has 1 amide bonds. The first-order chi connectivity index (χ1) is 13.4. The molecule has 0 spiro atoms. The average molecular weight is 395 g/mol. The van der Waals surface area contributed by atoms with Crippen molar-refractivity contribution in [1.29, 1.82) is 0 Å². The van der Waals surface area contributed by atoms with E-state index in [4.69, 9.17) is 4.74 Å². The molecule has 150 valence electrons. The Bertz CT molecular complexity index is 810. The molecule has 3 rings (SSSR count). The maximum absolute atomic E-state index is 12.5. The van der Waals surface area contributed by atoms with E-state index in [2.05, 4.69) is 25.6 Å². The van der Waals surface area contributed by atoms with Crippen molar-refractivity contribution < 1.29 is 22.7 Å². The Labute approximate surface area is 159 Å². The molecular formula is C18H20F3N5O2. The van der Waals surface area contributed by atoms with Gasteiger partial charge in [-0.15, -0.1) is 0 Å². The molecule has 2 aromatic rings. The third kappa shape index (κ3) is 5.80. The van der Waals surface area contributed by atoms with E-state index in [1.165, 1.54) is 37.1 Å². The summed E-state index contributed by atoms with van der Waals surface area (Å²) < 4.78 is 41.9. The number of anilines is 2. The van der Waals surface area contributed by atoms with Crippen molar-refractivity contribution in [2.45, 2.75) is 44.3 Å². The van der Waals surface area contributed by atoms with Crippen LogP contribution < -0.4 is 15.4 Å². The topological polar surface area (TPSA) is 89.0 Å². The summed E-state index contributed by atoms with van der Waals surface area (Å²) in [4.78, 5) is 24.6. The molecule has 0 aromatic carbocycles. The summed E-state index contributed by atoms with van der Waals surface area (Å²) in [6, 6.07) is 2.94. The summed E-state index contributed by atoms with van der Waals surface area (Å²) in [5, 5.41) is 5.71. The molecule has 1 saturated carbocycles. The highest BCUT2D eigenvalue weighted by atomic mass is 19.4. The smallest absolute Gasteiger partial charge is 0.422 e. The van der Waals surface area contributed by atoms with Crippen LogP contribution in [0.2, 0.25) is 0 Å². The largest absolute Gasteiger partial charge is 0.482 e. The lowest BCUT2D eigenvalue weighted by Crippen LogP contribution is -2.24. The monoisotopic (exact) mass is 395 g/mol. The summed E-state index contributed by atoms with van der Waals surface area (Å²) in [5.41, 5.74) is 0.107. The van der Waals surface area contributed by atoms with Gasteiger partial charge in [0.1, 0.15) is 17.1 Å². The molecule has 0 bridgehead atoms. The molecule has 0 saturated heterocycles. The first kappa shape index (κ1) is 19.8. The van der Waals surface area contributed by atoms with Crippen molar-refractivity contribution in [3.8, 4) is 5.75 Å². The zero-order valence-corrected chi connectivity index (χ0v) is 15.0. The molecule has 2 N–H and O–H groups in total. The number of halogens is 3. The van der Waals surface area contributed by atoms with Crippen molar-refractivity contribution in [3.63, 3.8) is 0 Å². The van der Waals surface area contributed by atoms with Gasteiger partial charge in [0.05, 0.1) is 6.20 Å². The van der Waals surface area contributed by atoms with E-state index in [0.717, 1.165) is 25.7 Å². The highest BCUT2D eigenvalue weighted by Crippen LogP contribution is 2.26. The average Bonchev–Trinajstić information content (AvgIpc) is 2.68. The van der Waals surface area contributed by atoms with Gasteiger partial charge in [0.2, 0.25) is 5.95 Å². The fourth-order valence-corrected chi connectivity index (χ4v) is 2.93. The minimum Gasteiger partial charge on any atom is -0.482 e. The van der Waals surface area contributed by atoms with E-state index in [1.54, 1.807) is 0 Å². The lowest BCUT2D eigenvalue weighted by molar-refractivity contribution is -0.153. The molecule has 0 atom stereocenters. The summed E-state index contributed by atoms with van der Waals surface area (Å²) in [7, 11) is 0. The second-order valence-corrected chi connectivity index (χ2v) is 6.47. The first-order valence-electron chi connectivity index (χ1n) is 8.95. The van der Waals surface area contributed by atoms with Crippen LogP contribution in [0.5, 0.6) is 5.75 Å². The Hall–Kier alpha value is -2.91. The van der Waals surface area contributed by atoms with Gasteiger partial charge in [-0.05, 0) is 18.9 Å². The number of ether oxygens (including phenoxy) is 1. The van der Waals surface area contributed by atoms with Crippen LogP contribution in [0.15, 0.2) is 30.7 Å². The number of hydrogen-bond donors (Lipinski definition) is 2. The maximum Gasteiger partial charge on any atom is 0.422 e. The third-order valence-corrected chi connectivity index (χ3v) is 4.25. The van der Waals surface area contributed by atoms with Gasteiger partial charge >= 0.3 is 6.18 Å². The Morgan fingerprint density at radius 2 is 1.96 bits per heavy atom. The van der Waals surface area contributed by atoms with Gasteiger partial charge < -0.3 is 15.4 Å². The van der Waals surface area contributed by atoms with Crippen molar-refractivity contribution in [2.75, 3.05) is 17.2 Å². The standard InChI is InChI=1S/C18H20F3N5O2/c19-18(20,21)11-28-15-7-8-22-10-14(15)25-16(27)13-6-9-23-17(26-13)24-12-4-2-1-3-5-12/h6-10,12H,1-5,11H2,(H,25,27)(H,23,24,26). The van der Waals surface area contributed by atoms with Gasteiger partial charge in [-0.1, -0.05) is 19.3 Å². The molecule has 7 nitrogen and oxygen atoms in total. The molecule has 2 heterocycles. The molecule has 0 unspecified atom stereocenters. The molecule has 10 heteroatoms. The normalized spacial score (nSPS) is 15.1. The van der Waals surface area contributed by atoms with Crippen LogP contribution in [-0.4, -0.2) is 39.7 Å². The van der Waals surface area contributed by atoms with Crippen LogP contribution in [0.4, 0.5) is 24.8 Å². The molecule has 0 aliphatic heterocycles. The maximum atomic E-state index is 12.5. The molecular weight excluding hydrogens is 375 g/mol. The number of aromatic nitrogens is 3.